The van der Waals surface area contributed by atoms with Gasteiger partial charge in [0.15, 0.2) is 0 Å². The lowest BCUT2D eigenvalue weighted by atomic mass is 9.70. The van der Waals surface area contributed by atoms with Crippen molar-refractivity contribution >= 4 is 56.0 Å². The molecule has 0 saturated heterocycles. The number of unbranched alkanes of at least 4 members (excludes halogenated alkanes) is 10. The van der Waals surface area contributed by atoms with Crippen LogP contribution in [0.25, 0.3) is 43.7 Å². The molecule has 0 bridgehead atoms. The van der Waals surface area contributed by atoms with Crippen molar-refractivity contribution in [2.45, 2.75) is 129 Å². The number of alkyl halides is 1. The molecular formula is C57H66ClN5O4. The number of carbonyl (C=O) groups is 2. The lowest BCUT2D eigenvalue weighted by Gasteiger charge is -2.33. The van der Waals surface area contributed by atoms with Gasteiger partial charge in [-0.25, -0.2) is 0 Å². The number of rotatable bonds is 26. The smallest absolute Gasteiger partial charge is 0.267 e. The zero-order chi connectivity index (χ0) is 46.4. The minimum Gasteiger partial charge on any atom is -0.339 e. The normalized spacial score (nSPS) is 12.8. The molecule has 1 heterocycles. The highest BCUT2D eigenvalue weighted by atomic mass is 35.5. The summed E-state index contributed by atoms with van der Waals surface area (Å²) in [6.07, 6.45) is 16.5. The summed E-state index contributed by atoms with van der Waals surface area (Å²) in [7, 11) is 0. The molecule has 0 aliphatic heterocycles. The summed E-state index contributed by atoms with van der Waals surface area (Å²) in [5.41, 5.74) is 21.0. The van der Waals surface area contributed by atoms with Gasteiger partial charge >= 0.3 is 0 Å². The standard InChI is InChI=1S/C57H66ClN5O4/c1-3-5-7-9-11-17-32-57(33-18-12-10-8-6-4-2)51-36-41(39-66-61-59-55(64)43-28-31-54-50(37-43)49-24-15-16-25-53(49)63(54)35-34-58)26-29-47(51)48-30-27-44(38-52(48)57)56(65)60-62-67-40-45-22-19-21-42-20-13-14-23-46(42)45/h13-16,19-31,36-38,61-62H,3-12,17-18,32-35,39-40H2,1-2H3,(H,59,64)(H,60,65). The van der Waals surface area contributed by atoms with Crippen molar-refractivity contribution in [3.8, 4) is 11.1 Å². The summed E-state index contributed by atoms with van der Waals surface area (Å²) < 4.78 is 2.20. The monoisotopic (exact) mass is 919 g/mol. The summed E-state index contributed by atoms with van der Waals surface area (Å²) >= 11 is 6.17. The van der Waals surface area contributed by atoms with Crippen LogP contribution in [-0.4, -0.2) is 22.3 Å². The average Bonchev–Trinajstić information content (AvgIpc) is 3.82. The van der Waals surface area contributed by atoms with Crippen molar-refractivity contribution in [2.24, 2.45) is 0 Å². The molecule has 4 N–H and O–H groups in total. The number of amides is 2. The van der Waals surface area contributed by atoms with Crippen LogP contribution < -0.4 is 22.0 Å². The van der Waals surface area contributed by atoms with E-state index in [1.807, 2.05) is 60.7 Å². The van der Waals surface area contributed by atoms with E-state index in [1.54, 1.807) is 0 Å². The Labute approximate surface area is 400 Å². The number of aryl methyl sites for hydroxylation is 1. The van der Waals surface area contributed by atoms with Crippen LogP contribution in [0.1, 0.15) is 147 Å². The molecule has 2 amide bonds. The van der Waals surface area contributed by atoms with Gasteiger partial charge in [0.05, 0.1) is 13.2 Å². The second-order valence-corrected chi connectivity index (χ2v) is 18.6. The number of hydrogen-bond acceptors (Lipinski definition) is 6. The molecule has 10 heteroatoms. The number of benzene rings is 6. The molecule has 9 nitrogen and oxygen atoms in total. The van der Waals surface area contributed by atoms with Crippen LogP contribution in [0.3, 0.4) is 0 Å². The third kappa shape index (κ3) is 11.1. The molecule has 0 unspecified atom stereocenters. The van der Waals surface area contributed by atoms with Crippen molar-refractivity contribution in [1.29, 1.82) is 0 Å². The van der Waals surface area contributed by atoms with E-state index in [2.05, 4.69) is 101 Å². The first-order chi connectivity index (χ1) is 33.0. The first kappa shape index (κ1) is 47.9. The minimum absolute atomic E-state index is 0.245. The number of halogens is 1. The molecule has 0 spiro atoms. The number of aromatic nitrogens is 1. The second-order valence-electron chi connectivity index (χ2n) is 18.2. The molecule has 67 heavy (non-hydrogen) atoms. The zero-order valence-corrected chi connectivity index (χ0v) is 40.0. The van der Waals surface area contributed by atoms with E-state index < -0.39 is 0 Å². The van der Waals surface area contributed by atoms with Crippen LogP contribution in [0, 0.1) is 0 Å². The maximum absolute atomic E-state index is 13.8. The van der Waals surface area contributed by atoms with Crippen LogP contribution >= 0.6 is 11.6 Å². The third-order valence-corrected chi connectivity index (χ3v) is 13.9. The van der Waals surface area contributed by atoms with E-state index in [1.165, 1.54) is 86.5 Å². The highest BCUT2D eigenvalue weighted by Crippen LogP contribution is 2.55. The van der Waals surface area contributed by atoms with Crippen molar-refractivity contribution in [3.63, 3.8) is 0 Å². The molecule has 8 rings (SSSR count). The van der Waals surface area contributed by atoms with E-state index in [4.69, 9.17) is 21.3 Å². The summed E-state index contributed by atoms with van der Waals surface area (Å²) in [5.74, 6) is -0.0376. The van der Waals surface area contributed by atoms with Crippen LogP contribution in [-0.2, 0) is 34.8 Å². The van der Waals surface area contributed by atoms with E-state index in [0.29, 0.717) is 30.2 Å². The van der Waals surface area contributed by atoms with Gasteiger partial charge in [-0.1, -0.05) is 176 Å². The van der Waals surface area contributed by atoms with Crippen molar-refractivity contribution in [3.05, 3.63) is 155 Å². The average molecular weight is 921 g/mol. The fraction of sp³-hybridized carbons (Fsp3) is 0.368. The number of hydrazine groups is 2. The Morgan fingerprint density at radius 3 is 1.84 bits per heavy atom. The number of nitrogens with zero attached hydrogens (tertiary/aromatic N) is 1. The summed E-state index contributed by atoms with van der Waals surface area (Å²) in [6.45, 7) is 5.75. The summed E-state index contributed by atoms with van der Waals surface area (Å²) in [5, 5.41) is 4.35. The van der Waals surface area contributed by atoms with E-state index in [9.17, 15) is 9.59 Å². The largest absolute Gasteiger partial charge is 0.339 e. The topological polar surface area (TPSA) is 106 Å². The fourth-order valence-electron chi connectivity index (χ4n) is 10.3. The molecule has 0 saturated carbocycles. The Kier molecular flexibility index (Phi) is 16.8. The van der Waals surface area contributed by atoms with E-state index in [0.717, 1.165) is 69.4 Å². The van der Waals surface area contributed by atoms with Crippen LogP contribution in [0.15, 0.2) is 121 Å². The molecule has 0 radical (unpaired) electrons. The highest BCUT2D eigenvalue weighted by molar-refractivity contribution is 6.18. The number of carbonyl (C=O) groups excluding carboxylic acids is 2. The number of nitrogens with one attached hydrogen (secondary N) is 4. The molecule has 1 aliphatic carbocycles. The van der Waals surface area contributed by atoms with Crippen molar-refractivity contribution in [1.82, 2.24) is 26.6 Å². The maximum Gasteiger partial charge on any atom is 0.267 e. The Bertz CT molecular complexity index is 2760. The maximum atomic E-state index is 13.8. The molecule has 350 valence electrons. The van der Waals surface area contributed by atoms with Gasteiger partial charge in [-0.3, -0.25) is 30.1 Å². The molecular weight excluding hydrogens is 854 g/mol. The van der Waals surface area contributed by atoms with Crippen LogP contribution in [0.2, 0.25) is 0 Å². The molecule has 0 fully saturated rings. The quantitative estimate of drug-likeness (QED) is 0.0245. The lowest BCUT2D eigenvalue weighted by Crippen LogP contribution is -2.37. The number of hydrogen-bond donors (Lipinski definition) is 4. The minimum atomic E-state index is -0.288. The third-order valence-electron chi connectivity index (χ3n) is 13.8. The molecule has 1 aliphatic rings. The Morgan fingerprint density at radius 2 is 1.12 bits per heavy atom. The van der Waals surface area contributed by atoms with Gasteiger partial charge in [0.25, 0.3) is 11.8 Å². The lowest BCUT2D eigenvalue weighted by molar-refractivity contribution is 0.000520. The van der Waals surface area contributed by atoms with E-state index >= 15 is 0 Å². The van der Waals surface area contributed by atoms with Crippen molar-refractivity contribution < 1.29 is 19.3 Å². The predicted octanol–water partition coefficient (Wildman–Crippen LogP) is 13.7. The Morgan fingerprint density at radius 1 is 0.552 bits per heavy atom. The number of para-hydroxylation sites is 1. The van der Waals surface area contributed by atoms with Gasteiger partial charge in [-0.05, 0) is 93.4 Å². The SMILES string of the molecule is CCCCCCCCC1(CCCCCCCC)c2cc(CONNC(=O)c3ccc4c(c3)c3ccccc3n4CCCl)ccc2-c2ccc(C(=O)NNOCc3cccc4ccccc34)cc21. The van der Waals surface area contributed by atoms with Gasteiger partial charge in [-0.2, -0.15) is 0 Å². The highest BCUT2D eigenvalue weighted by Gasteiger charge is 2.43. The first-order valence-electron chi connectivity index (χ1n) is 24.6. The Hall–Kier alpha value is -5.55. The predicted molar refractivity (Wildman–Crippen MR) is 274 cm³/mol. The van der Waals surface area contributed by atoms with Crippen molar-refractivity contribution in [2.75, 3.05) is 5.88 Å². The molecule has 0 atom stereocenters. The van der Waals surface area contributed by atoms with Gasteiger partial charge in [0, 0.05) is 50.8 Å². The summed E-state index contributed by atoms with van der Waals surface area (Å²) in [6, 6.07) is 41.1. The Balaban J connectivity index is 0.989. The fourth-order valence-corrected chi connectivity index (χ4v) is 10.5. The summed E-state index contributed by atoms with van der Waals surface area (Å²) in [4.78, 5) is 39.0. The first-order valence-corrected chi connectivity index (χ1v) is 25.2. The zero-order valence-electron chi connectivity index (χ0n) is 39.2. The van der Waals surface area contributed by atoms with Gasteiger partial charge < -0.3 is 4.57 Å². The van der Waals surface area contributed by atoms with Gasteiger partial charge in [0.1, 0.15) is 0 Å². The molecule has 6 aromatic carbocycles. The van der Waals surface area contributed by atoms with Crippen LogP contribution in [0.5, 0.6) is 0 Å². The second kappa shape index (κ2) is 23.5. The van der Waals surface area contributed by atoms with Crippen LogP contribution in [0.4, 0.5) is 0 Å². The number of fused-ring (bicyclic) bond motifs is 7. The molecule has 7 aromatic rings. The van der Waals surface area contributed by atoms with E-state index in [-0.39, 0.29) is 23.8 Å². The van der Waals surface area contributed by atoms with Gasteiger partial charge in [0.2, 0.25) is 0 Å². The molecule has 1 aromatic heterocycles. The van der Waals surface area contributed by atoms with Gasteiger partial charge in [-0.15, -0.1) is 22.8 Å².